The van der Waals surface area contributed by atoms with Crippen molar-refractivity contribution in [1.29, 1.82) is 0 Å². The minimum Gasteiger partial charge on any atom is -0.351 e. The van der Waals surface area contributed by atoms with Crippen LogP contribution in [0.2, 0.25) is 10.0 Å². The molecule has 0 bridgehead atoms. The van der Waals surface area contributed by atoms with Crippen LogP contribution in [-0.2, 0) is 4.79 Å². The molecule has 0 saturated carbocycles. The fourth-order valence-corrected chi connectivity index (χ4v) is 2.20. The highest BCUT2D eigenvalue weighted by atomic mass is 35.5. The summed E-state index contributed by atoms with van der Waals surface area (Å²) < 4.78 is 0. The molecule has 0 heterocycles. The van der Waals surface area contributed by atoms with Gasteiger partial charge in [-0.05, 0) is 24.1 Å². The zero-order valence-corrected chi connectivity index (χ0v) is 13.5. The van der Waals surface area contributed by atoms with E-state index in [0.29, 0.717) is 11.6 Å². The molecule has 0 unspecified atom stereocenters. The second-order valence-corrected chi connectivity index (χ2v) is 5.70. The minimum atomic E-state index is -0.649. The predicted molar refractivity (Wildman–Crippen MR) is 85.8 cm³/mol. The number of benzene rings is 1. The molecule has 1 aromatic rings. The van der Waals surface area contributed by atoms with Gasteiger partial charge in [0.2, 0.25) is 5.91 Å². The molecule has 0 spiro atoms. The Hall–Kier alpha value is -1.52. The number of nitrogens with one attached hydrogen (secondary N) is 2. The van der Waals surface area contributed by atoms with Gasteiger partial charge in [-0.25, -0.2) is 0 Å². The molecule has 0 saturated heterocycles. The Labute approximate surface area is 134 Å². The molecule has 0 aliphatic carbocycles. The van der Waals surface area contributed by atoms with Crippen molar-refractivity contribution in [2.45, 2.75) is 19.9 Å². The first-order chi connectivity index (χ1) is 9.86. The van der Waals surface area contributed by atoms with E-state index < -0.39 is 11.9 Å². The Balaban J connectivity index is 2.85. The fourth-order valence-electron chi connectivity index (χ4n) is 1.71. The Kier molecular flexibility index (Phi) is 6.72. The molecule has 0 aliphatic heterocycles. The lowest BCUT2D eigenvalue weighted by atomic mass is 10.0. The van der Waals surface area contributed by atoms with Crippen LogP contribution in [0.1, 0.15) is 24.2 Å². The largest absolute Gasteiger partial charge is 0.351 e. The second kappa shape index (κ2) is 8.05. The molecule has 114 valence electrons. The zero-order valence-electron chi connectivity index (χ0n) is 12.0. The summed E-state index contributed by atoms with van der Waals surface area (Å²) in [7, 11) is 0. The molecule has 2 amide bonds. The molecule has 1 aromatic carbocycles. The van der Waals surface area contributed by atoms with Crippen LogP contribution in [0.3, 0.4) is 0 Å². The summed E-state index contributed by atoms with van der Waals surface area (Å²) >= 11 is 11.8. The van der Waals surface area contributed by atoms with E-state index in [4.69, 9.17) is 23.2 Å². The Morgan fingerprint density at radius 2 is 2.00 bits per heavy atom. The van der Waals surface area contributed by atoms with Gasteiger partial charge >= 0.3 is 0 Å². The van der Waals surface area contributed by atoms with Crippen molar-refractivity contribution < 1.29 is 9.59 Å². The van der Waals surface area contributed by atoms with Gasteiger partial charge in [0.05, 0.1) is 10.6 Å². The number of hydrogen-bond donors (Lipinski definition) is 2. The van der Waals surface area contributed by atoms with Crippen molar-refractivity contribution >= 4 is 35.0 Å². The summed E-state index contributed by atoms with van der Waals surface area (Å²) in [5.74, 6) is -0.739. The van der Waals surface area contributed by atoms with Crippen molar-refractivity contribution in [3.63, 3.8) is 0 Å². The maximum Gasteiger partial charge on any atom is 0.253 e. The molecule has 0 aliphatic rings. The maximum absolute atomic E-state index is 12.2. The number of rotatable bonds is 6. The standard InChI is InChI=1S/C15H18Cl2N2O2/c1-4-7-18-15(21)13(9(2)3)19-14(20)11-6-5-10(16)8-12(11)17/h4-6,8-9,13H,1,7H2,2-3H3,(H,18,21)(H,19,20)/t13-/m0/s1. The summed E-state index contributed by atoms with van der Waals surface area (Å²) in [5, 5.41) is 6.05. The first-order valence-electron chi connectivity index (χ1n) is 6.51. The monoisotopic (exact) mass is 328 g/mol. The van der Waals surface area contributed by atoms with Gasteiger partial charge in [0, 0.05) is 11.6 Å². The van der Waals surface area contributed by atoms with Gasteiger partial charge in [0.1, 0.15) is 6.04 Å². The van der Waals surface area contributed by atoms with Gasteiger partial charge in [-0.3, -0.25) is 9.59 Å². The molecule has 6 heteroatoms. The molecule has 0 aromatic heterocycles. The van der Waals surface area contributed by atoms with Crippen LogP contribution >= 0.6 is 23.2 Å². The van der Waals surface area contributed by atoms with E-state index in [1.165, 1.54) is 12.1 Å². The smallest absolute Gasteiger partial charge is 0.253 e. The Bertz CT molecular complexity index is 544. The summed E-state index contributed by atoms with van der Waals surface area (Å²) in [6, 6.07) is 3.94. The highest BCUT2D eigenvalue weighted by molar-refractivity contribution is 6.36. The number of carbonyl (C=O) groups is 2. The molecule has 0 fully saturated rings. The number of hydrogen-bond acceptors (Lipinski definition) is 2. The van der Waals surface area contributed by atoms with Crippen molar-refractivity contribution in [3.8, 4) is 0 Å². The van der Waals surface area contributed by atoms with Gasteiger partial charge in [0.15, 0.2) is 0 Å². The molecule has 1 atom stereocenters. The van der Waals surface area contributed by atoms with Crippen LogP contribution in [-0.4, -0.2) is 24.4 Å². The van der Waals surface area contributed by atoms with Crippen molar-refractivity contribution in [1.82, 2.24) is 10.6 Å². The lowest BCUT2D eigenvalue weighted by Gasteiger charge is -2.21. The topological polar surface area (TPSA) is 58.2 Å². The molecule has 1 rings (SSSR count). The Morgan fingerprint density at radius 1 is 1.33 bits per heavy atom. The molecule has 2 N–H and O–H groups in total. The summed E-state index contributed by atoms with van der Waals surface area (Å²) in [5.41, 5.74) is 0.281. The Morgan fingerprint density at radius 3 is 2.52 bits per heavy atom. The van der Waals surface area contributed by atoms with E-state index in [1.807, 2.05) is 13.8 Å². The molecular formula is C15H18Cl2N2O2. The van der Waals surface area contributed by atoms with Crippen LogP contribution in [0.15, 0.2) is 30.9 Å². The van der Waals surface area contributed by atoms with E-state index in [9.17, 15) is 9.59 Å². The van der Waals surface area contributed by atoms with Crippen LogP contribution in [0.4, 0.5) is 0 Å². The first-order valence-corrected chi connectivity index (χ1v) is 7.27. The van der Waals surface area contributed by atoms with Crippen LogP contribution < -0.4 is 10.6 Å². The highest BCUT2D eigenvalue weighted by Gasteiger charge is 2.25. The number of amides is 2. The molecule has 4 nitrogen and oxygen atoms in total. The second-order valence-electron chi connectivity index (χ2n) is 4.85. The van der Waals surface area contributed by atoms with Crippen molar-refractivity contribution in [2.24, 2.45) is 5.92 Å². The summed E-state index contributed by atoms with van der Waals surface area (Å²) in [6.07, 6.45) is 1.58. The van der Waals surface area contributed by atoms with E-state index in [1.54, 1.807) is 12.1 Å². The number of halogens is 2. The average molecular weight is 329 g/mol. The minimum absolute atomic E-state index is 0.0650. The first kappa shape index (κ1) is 17.5. The van der Waals surface area contributed by atoms with Gasteiger partial charge in [0.25, 0.3) is 5.91 Å². The number of carbonyl (C=O) groups excluding carboxylic acids is 2. The van der Waals surface area contributed by atoms with Crippen molar-refractivity contribution in [3.05, 3.63) is 46.5 Å². The lowest BCUT2D eigenvalue weighted by Crippen LogP contribution is -2.49. The van der Waals surface area contributed by atoms with Crippen LogP contribution in [0, 0.1) is 5.92 Å². The molecule has 21 heavy (non-hydrogen) atoms. The summed E-state index contributed by atoms with van der Waals surface area (Å²) in [6.45, 7) is 7.58. The highest BCUT2D eigenvalue weighted by Crippen LogP contribution is 2.21. The normalized spacial score (nSPS) is 11.9. The van der Waals surface area contributed by atoms with E-state index in [0.717, 1.165) is 0 Å². The van der Waals surface area contributed by atoms with Crippen molar-refractivity contribution in [2.75, 3.05) is 6.54 Å². The maximum atomic E-state index is 12.2. The quantitative estimate of drug-likeness (QED) is 0.788. The van der Waals surface area contributed by atoms with E-state index in [-0.39, 0.29) is 22.4 Å². The third-order valence-corrected chi connectivity index (χ3v) is 3.38. The van der Waals surface area contributed by atoms with E-state index >= 15 is 0 Å². The third-order valence-electron chi connectivity index (χ3n) is 2.83. The predicted octanol–water partition coefficient (Wildman–Crippen LogP) is 3.05. The lowest BCUT2D eigenvalue weighted by molar-refractivity contribution is -0.123. The SMILES string of the molecule is C=CCNC(=O)[C@@H](NC(=O)c1ccc(Cl)cc1Cl)C(C)C. The average Bonchev–Trinajstić information content (AvgIpc) is 2.41. The van der Waals surface area contributed by atoms with Gasteiger partial charge in [-0.2, -0.15) is 0 Å². The van der Waals surface area contributed by atoms with Gasteiger partial charge < -0.3 is 10.6 Å². The van der Waals surface area contributed by atoms with Crippen LogP contribution in [0.25, 0.3) is 0 Å². The fraction of sp³-hybridized carbons (Fsp3) is 0.333. The molecule has 0 radical (unpaired) electrons. The van der Waals surface area contributed by atoms with Gasteiger partial charge in [-0.15, -0.1) is 6.58 Å². The van der Waals surface area contributed by atoms with Gasteiger partial charge in [-0.1, -0.05) is 43.1 Å². The van der Waals surface area contributed by atoms with Crippen LogP contribution in [0.5, 0.6) is 0 Å². The zero-order chi connectivity index (χ0) is 16.0. The third kappa shape index (κ3) is 5.06. The summed E-state index contributed by atoms with van der Waals surface area (Å²) in [4.78, 5) is 24.3. The van der Waals surface area contributed by atoms with E-state index in [2.05, 4.69) is 17.2 Å². The molecular weight excluding hydrogens is 311 g/mol.